The third kappa shape index (κ3) is 4.54. The summed E-state index contributed by atoms with van der Waals surface area (Å²) in [5.41, 5.74) is 0.0374. The van der Waals surface area contributed by atoms with Crippen molar-refractivity contribution in [2.24, 2.45) is 17.3 Å². The molecule has 2 heteroatoms. The number of hydrogen-bond acceptors (Lipinski definition) is 2. The van der Waals surface area contributed by atoms with E-state index in [4.69, 9.17) is 4.74 Å². The largest absolute Gasteiger partial charge is 0.466 e. The first-order chi connectivity index (χ1) is 7.38. The van der Waals surface area contributed by atoms with Crippen LogP contribution in [0.3, 0.4) is 0 Å². The van der Waals surface area contributed by atoms with Gasteiger partial charge in [-0.05, 0) is 24.7 Å². The van der Waals surface area contributed by atoms with Crippen molar-refractivity contribution in [3.8, 4) is 0 Å². The van der Waals surface area contributed by atoms with E-state index in [1.807, 2.05) is 6.92 Å². The van der Waals surface area contributed by atoms with Gasteiger partial charge in [-0.15, -0.1) is 0 Å². The Kier molecular flexibility index (Phi) is 6.70. The summed E-state index contributed by atoms with van der Waals surface area (Å²) in [7, 11) is 0. The smallest absolute Gasteiger partial charge is 0.309 e. The van der Waals surface area contributed by atoms with Crippen molar-refractivity contribution in [2.45, 2.75) is 60.8 Å². The Labute approximate surface area is 101 Å². The lowest BCUT2D eigenvalue weighted by Crippen LogP contribution is -2.33. The molecule has 0 aromatic carbocycles. The van der Waals surface area contributed by atoms with Crippen molar-refractivity contribution in [1.29, 1.82) is 0 Å². The Morgan fingerprint density at radius 1 is 1.25 bits per heavy atom. The quantitative estimate of drug-likeness (QED) is 0.615. The Morgan fingerprint density at radius 2 is 1.81 bits per heavy atom. The van der Waals surface area contributed by atoms with Crippen molar-refractivity contribution in [3.63, 3.8) is 0 Å². The molecule has 2 atom stereocenters. The van der Waals surface area contributed by atoms with E-state index in [-0.39, 0.29) is 17.3 Å². The van der Waals surface area contributed by atoms with Crippen LogP contribution in [0.25, 0.3) is 0 Å². The Balaban J connectivity index is 4.69. The lowest BCUT2D eigenvalue weighted by atomic mass is 9.72. The number of ether oxygens (including phenoxy) is 1. The molecule has 0 saturated heterocycles. The van der Waals surface area contributed by atoms with Crippen LogP contribution < -0.4 is 0 Å². The van der Waals surface area contributed by atoms with Gasteiger partial charge in [0.25, 0.3) is 0 Å². The molecule has 0 heterocycles. The first-order valence-corrected chi connectivity index (χ1v) is 6.55. The standard InChI is InChI=1S/C14H28O2/c1-7-11(4)10-12(13(15)16-9-3)14(5,6)8-2/h11-12H,7-10H2,1-6H3. The molecule has 16 heavy (non-hydrogen) atoms. The summed E-state index contributed by atoms with van der Waals surface area (Å²) >= 11 is 0. The minimum Gasteiger partial charge on any atom is -0.466 e. The van der Waals surface area contributed by atoms with Gasteiger partial charge in [-0.3, -0.25) is 4.79 Å². The van der Waals surface area contributed by atoms with E-state index in [9.17, 15) is 4.79 Å². The number of hydrogen-bond donors (Lipinski definition) is 0. The summed E-state index contributed by atoms with van der Waals surface area (Å²) < 4.78 is 5.20. The average molecular weight is 228 g/mol. The molecular formula is C14H28O2. The molecule has 2 nitrogen and oxygen atoms in total. The van der Waals surface area contributed by atoms with Crippen LogP contribution in [-0.4, -0.2) is 12.6 Å². The molecule has 0 amide bonds. The van der Waals surface area contributed by atoms with Crippen LogP contribution in [0, 0.1) is 17.3 Å². The summed E-state index contributed by atoms with van der Waals surface area (Å²) in [4.78, 5) is 12.0. The summed E-state index contributed by atoms with van der Waals surface area (Å²) in [5.74, 6) is 0.599. The van der Waals surface area contributed by atoms with Crippen LogP contribution in [0.2, 0.25) is 0 Å². The van der Waals surface area contributed by atoms with Crippen LogP contribution in [-0.2, 0) is 9.53 Å². The summed E-state index contributed by atoms with van der Waals surface area (Å²) in [5, 5.41) is 0. The van der Waals surface area contributed by atoms with E-state index in [2.05, 4.69) is 34.6 Å². The van der Waals surface area contributed by atoms with Crippen LogP contribution in [0.5, 0.6) is 0 Å². The highest BCUT2D eigenvalue weighted by molar-refractivity contribution is 5.73. The molecule has 0 radical (unpaired) electrons. The normalized spacial score (nSPS) is 15.6. The maximum atomic E-state index is 12.0. The fourth-order valence-electron chi connectivity index (χ4n) is 1.79. The van der Waals surface area contributed by atoms with Gasteiger partial charge in [0, 0.05) is 0 Å². The second kappa shape index (κ2) is 6.93. The van der Waals surface area contributed by atoms with E-state index < -0.39 is 0 Å². The minimum atomic E-state index is -0.0188. The number of carbonyl (C=O) groups is 1. The van der Waals surface area contributed by atoms with E-state index >= 15 is 0 Å². The zero-order valence-electron chi connectivity index (χ0n) is 11.8. The van der Waals surface area contributed by atoms with Gasteiger partial charge >= 0.3 is 5.97 Å². The molecule has 0 rings (SSSR count). The van der Waals surface area contributed by atoms with E-state index in [1.54, 1.807) is 0 Å². The van der Waals surface area contributed by atoms with Gasteiger partial charge in [-0.25, -0.2) is 0 Å². The number of esters is 1. The molecule has 0 aliphatic rings. The molecule has 2 unspecified atom stereocenters. The van der Waals surface area contributed by atoms with Gasteiger partial charge in [0.15, 0.2) is 0 Å². The molecule has 0 aliphatic carbocycles. The molecule has 0 aromatic heterocycles. The van der Waals surface area contributed by atoms with Gasteiger partial charge in [0.2, 0.25) is 0 Å². The lowest BCUT2D eigenvalue weighted by molar-refractivity contribution is -0.153. The Morgan fingerprint density at radius 3 is 2.19 bits per heavy atom. The topological polar surface area (TPSA) is 26.3 Å². The zero-order chi connectivity index (χ0) is 12.8. The number of rotatable bonds is 7. The molecule has 0 fully saturated rings. The van der Waals surface area contributed by atoms with Crippen molar-refractivity contribution < 1.29 is 9.53 Å². The second-order valence-corrected chi connectivity index (χ2v) is 5.40. The average Bonchev–Trinajstić information content (AvgIpc) is 2.25. The van der Waals surface area contributed by atoms with Crippen molar-refractivity contribution in [3.05, 3.63) is 0 Å². The van der Waals surface area contributed by atoms with Crippen molar-refractivity contribution in [2.75, 3.05) is 6.61 Å². The highest BCUT2D eigenvalue weighted by Crippen LogP contribution is 2.36. The van der Waals surface area contributed by atoms with E-state index in [0.29, 0.717) is 12.5 Å². The first-order valence-electron chi connectivity index (χ1n) is 6.55. The van der Waals surface area contributed by atoms with Gasteiger partial charge in [-0.2, -0.15) is 0 Å². The highest BCUT2D eigenvalue weighted by Gasteiger charge is 2.35. The summed E-state index contributed by atoms with van der Waals surface area (Å²) in [6.07, 6.45) is 3.07. The fraction of sp³-hybridized carbons (Fsp3) is 0.929. The van der Waals surface area contributed by atoms with Gasteiger partial charge in [0.05, 0.1) is 12.5 Å². The maximum absolute atomic E-state index is 12.0. The molecule has 0 spiro atoms. The molecule has 0 aliphatic heterocycles. The fourth-order valence-corrected chi connectivity index (χ4v) is 1.79. The molecule has 0 N–H and O–H groups in total. The predicted molar refractivity (Wildman–Crippen MR) is 68.3 cm³/mol. The summed E-state index contributed by atoms with van der Waals surface area (Å²) in [6, 6.07) is 0. The second-order valence-electron chi connectivity index (χ2n) is 5.40. The van der Waals surface area contributed by atoms with Crippen LogP contribution in [0.4, 0.5) is 0 Å². The third-order valence-electron chi connectivity index (χ3n) is 3.76. The maximum Gasteiger partial charge on any atom is 0.309 e. The van der Waals surface area contributed by atoms with Crippen molar-refractivity contribution in [1.82, 2.24) is 0 Å². The molecule has 0 aromatic rings. The lowest BCUT2D eigenvalue weighted by Gasteiger charge is -2.33. The predicted octanol–water partition coefficient (Wildman–Crippen LogP) is 4.04. The number of carbonyl (C=O) groups excluding carboxylic acids is 1. The molecule has 0 saturated carbocycles. The Hall–Kier alpha value is -0.530. The molecular weight excluding hydrogens is 200 g/mol. The first kappa shape index (κ1) is 15.5. The third-order valence-corrected chi connectivity index (χ3v) is 3.76. The SMILES string of the molecule is CCOC(=O)C(CC(C)CC)C(C)(C)CC. The van der Waals surface area contributed by atoms with Crippen LogP contribution in [0.1, 0.15) is 60.8 Å². The monoisotopic (exact) mass is 228 g/mol. The van der Waals surface area contributed by atoms with Crippen LogP contribution >= 0.6 is 0 Å². The zero-order valence-corrected chi connectivity index (χ0v) is 11.8. The van der Waals surface area contributed by atoms with E-state index in [0.717, 1.165) is 19.3 Å². The highest BCUT2D eigenvalue weighted by atomic mass is 16.5. The minimum absolute atomic E-state index is 0.0188. The molecule has 0 bridgehead atoms. The Bertz CT molecular complexity index is 209. The van der Waals surface area contributed by atoms with Crippen molar-refractivity contribution >= 4 is 5.97 Å². The molecule has 96 valence electrons. The van der Waals surface area contributed by atoms with Gasteiger partial charge in [-0.1, -0.05) is 47.5 Å². The summed E-state index contributed by atoms with van der Waals surface area (Å²) in [6.45, 7) is 13.2. The van der Waals surface area contributed by atoms with Gasteiger partial charge < -0.3 is 4.74 Å². The van der Waals surface area contributed by atoms with Gasteiger partial charge in [0.1, 0.15) is 0 Å². The van der Waals surface area contributed by atoms with E-state index in [1.165, 1.54) is 0 Å². The van der Waals surface area contributed by atoms with Crippen LogP contribution in [0.15, 0.2) is 0 Å².